The predicted octanol–water partition coefficient (Wildman–Crippen LogP) is 1.91. The molecule has 2 atom stereocenters. The minimum absolute atomic E-state index is 0.0830. The van der Waals surface area contributed by atoms with Gasteiger partial charge in [-0.15, -0.1) is 0 Å². The van der Waals surface area contributed by atoms with Crippen LogP contribution in [0.3, 0.4) is 0 Å². The summed E-state index contributed by atoms with van der Waals surface area (Å²) in [6, 6.07) is 15.5. The maximum Gasteiger partial charge on any atom is 0.232 e. The average molecular weight is 317 g/mol. The SMILES string of the molecule is CC(=O)C12c3ccccc3C(c3ccccc31)[C@H]1C(=O)NC(=O)[C@H]12. The lowest BCUT2D eigenvalue weighted by atomic mass is 9.46. The van der Waals surface area contributed by atoms with Gasteiger partial charge in [-0.1, -0.05) is 48.5 Å². The molecule has 2 amide bonds. The third-order valence-electron chi connectivity index (χ3n) is 6.01. The van der Waals surface area contributed by atoms with E-state index in [-0.39, 0.29) is 23.5 Å². The standard InChI is InChI=1S/C20H15NO3/c1-10(22)20-13-8-4-2-6-11(13)15(12-7-3-5-9-14(12)20)16-17(20)19(24)21-18(16)23/h2-9,15-17H,1H3,(H,21,23,24)/t15?,16-,17+,20?/m1/s1. The van der Waals surface area contributed by atoms with E-state index in [1.807, 2.05) is 48.5 Å². The largest absolute Gasteiger partial charge is 0.299 e. The van der Waals surface area contributed by atoms with Gasteiger partial charge in [0.2, 0.25) is 11.8 Å². The molecular weight excluding hydrogens is 302 g/mol. The van der Waals surface area contributed by atoms with Crippen LogP contribution in [-0.4, -0.2) is 17.6 Å². The van der Waals surface area contributed by atoms with Gasteiger partial charge in [0.15, 0.2) is 0 Å². The van der Waals surface area contributed by atoms with E-state index < -0.39 is 17.3 Å². The van der Waals surface area contributed by atoms with Crippen LogP contribution in [0.15, 0.2) is 48.5 Å². The first kappa shape index (κ1) is 13.7. The van der Waals surface area contributed by atoms with Crippen molar-refractivity contribution in [3.63, 3.8) is 0 Å². The molecule has 0 aromatic heterocycles. The Balaban J connectivity index is 1.99. The summed E-state index contributed by atoms with van der Waals surface area (Å²) >= 11 is 0. The number of benzene rings is 2. The van der Waals surface area contributed by atoms with E-state index in [0.29, 0.717) is 0 Å². The summed E-state index contributed by atoms with van der Waals surface area (Å²) in [5.74, 6) is -2.00. The Morgan fingerprint density at radius 3 is 2.00 bits per heavy atom. The van der Waals surface area contributed by atoms with Gasteiger partial charge in [-0.3, -0.25) is 19.7 Å². The van der Waals surface area contributed by atoms with Gasteiger partial charge in [-0.25, -0.2) is 0 Å². The van der Waals surface area contributed by atoms with Crippen molar-refractivity contribution >= 4 is 17.6 Å². The van der Waals surface area contributed by atoms with Crippen molar-refractivity contribution in [2.45, 2.75) is 18.3 Å². The molecule has 1 heterocycles. The van der Waals surface area contributed by atoms with Gasteiger partial charge in [0, 0.05) is 5.92 Å². The Hall–Kier alpha value is -2.75. The first-order chi connectivity index (χ1) is 11.6. The van der Waals surface area contributed by atoms with E-state index in [9.17, 15) is 14.4 Å². The van der Waals surface area contributed by atoms with Crippen molar-refractivity contribution in [1.82, 2.24) is 5.32 Å². The van der Waals surface area contributed by atoms with E-state index in [1.54, 1.807) is 0 Å². The monoisotopic (exact) mass is 317 g/mol. The highest BCUT2D eigenvalue weighted by Gasteiger charge is 2.67. The van der Waals surface area contributed by atoms with Crippen molar-refractivity contribution in [3.8, 4) is 0 Å². The molecule has 0 unspecified atom stereocenters. The number of ketones is 1. The molecule has 4 aliphatic rings. The summed E-state index contributed by atoms with van der Waals surface area (Å²) in [5.41, 5.74) is 2.69. The number of hydrogen-bond acceptors (Lipinski definition) is 3. The average Bonchev–Trinajstić information content (AvgIpc) is 2.90. The molecule has 1 N–H and O–H groups in total. The van der Waals surface area contributed by atoms with Crippen LogP contribution >= 0.6 is 0 Å². The highest BCUT2D eigenvalue weighted by atomic mass is 16.2. The number of hydrogen-bond donors (Lipinski definition) is 1. The highest BCUT2D eigenvalue weighted by molar-refractivity contribution is 6.12. The fourth-order valence-corrected chi connectivity index (χ4v) is 5.29. The maximum absolute atomic E-state index is 13.0. The molecule has 1 saturated heterocycles. The molecule has 2 bridgehead atoms. The number of Topliss-reactive ketones (excluding diaryl/α,β-unsaturated/α-hetero) is 1. The van der Waals surface area contributed by atoms with Crippen LogP contribution in [0.25, 0.3) is 0 Å². The van der Waals surface area contributed by atoms with Gasteiger partial charge in [0.05, 0.1) is 17.3 Å². The normalized spacial score (nSPS) is 32.0. The fourth-order valence-electron chi connectivity index (χ4n) is 5.29. The molecule has 0 spiro atoms. The van der Waals surface area contributed by atoms with E-state index in [4.69, 9.17) is 0 Å². The Kier molecular flexibility index (Phi) is 2.39. The summed E-state index contributed by atoms with van der Waals surface area (Å²) in [7, 11) is 0. The Bertz CT molecular complexity index is 898. The molecule has 4 nitrogen and oxygen atoms in total. The zero-order chi connectivity index (χ0) is 16.6. The molecule has 2 aromatic rings. The molecule has 4 heteroatoms. The third kappa shape index (κ3) is 1.26. The van der Waals surface area contributed by atoms with Crippen molar-refractivity contribution in [1.29, 1.82) is 0 Å². The number of amides is 2. The first-order valence-electron chi connectivity index (χ1n) is 8.13. The van der Waals surface area contributed by atoms with Gasteiger partial charge < -0.3 is 0 Å². The second-order valence-corrected chi connectivity index (χ2v) is 6.87. The summed E-state index contributed by atoms with van der Waals surface area (Å²) < 4.78 is 0. The molecule has 0 radical (unpaired) electrons. The zero-order valence-corrected chi connectivity index (χ0v) is 13.1. The fraction of sp³-hybridized carbons (Fsp3) is 0.250. The topological polar surface area (TPSA) is 63.2 Å². The molecule has 3 aliphatic carbocycles. The van der Waals surface area contributed by atoms with Crippen molar-refractivity contribution in [3.05, 3.63) is 70.8 Å². The quantitative estimate of drug-likeness (QED) is 0.817. The lowest BCUT2D eigenvalue weighted by Gasteiger charge is -2.52. The summed E-state index contributed by atoms with van der Waals surface area (Å²) in [5, 5.41) is 2.48. The van der Waals surface area contributed by atoms with Crippen LogP contribution in [-0.2, 0) is 19.8 Å². The third-order valence-corrected chi connectivity index (χ3v) is 6.01. The van der Waals surface area contributed by atoms with Gasteiger partial charge >= 0.3 is 0 Å². The maximum atomic E-state index is 13.0. The summed E-state index contributed by atoms with van der Waals surface area (Å²) in [4.78, 5) is 38.2. The van der Waals surface area contributed by atoms with Crippen LogP contribution in [0, 0.1) is 11.8 Å². The zero-order valence-electron chi connectivity index (χ0n) is 13.1. The smallest absolute Gasteiger partial charge is 0.232 e. The number of carbonyl (C=O) groups excluding carboxylic acids is 3. The van der Waals surface area contributed by atoms with E-state index in [1.165, 1.54) is 6.92 Å². The van der Waals surface area contributed by atoms with Crippen molar-refractivity contribution < 1.29 is 14.4 Å². The minimum Gasteiger partial charge on any atom is -0.299 e. The van der Waals surface area contributed by atoms with Gasteiger partial charge in [-0.05, 0) is 29.2 Å². The van der Waals surface area contributed by atoms with Crippen LogP contribution in [0.5, 0.6) is 0 Å². The lowest BCUT2D eigenvalue weighted by molar-refractivity contribution is -0.133. The van der Waals surface area contributed by atoms with Crippen LogP contribution in [0.1, 0.15) is 35.1 Å². The number of nitrogens with one attached hydrogen (secondary N) is 1. The van der Waals surface area contributed by atoms with Crippen LogP contribution in [0.4, 0.5) is 0 Å². The summed E-state index contributed by atoms with van der Waals surface area (Å²) in [6.07, 6.45) is 0. The Morgan fingerprint density at radius 1 is 0.917 bits per heavy atom. The predicted molar refractivity (Wildman–Crippen MR) is 86.3 cm³/mol. The second-order valence-electron chi connectivity index (χ2n) is 6.87. The molecule has 1 fully saturated rings. The van der Waals surface area contributed by atoms with Crippen LogP contribution in [0.2, 0.25) is 0 Å². The molecular formula is C20H15NO3. The van der Waals surface area contributed by atoms with Gasteiger partial charge in [0.25, 0.3) is 0 Å². The lowest BCUT2D eigenvalue weighted by Crippen LogP contribution is -2.57. The second kappa shape index (κ2) is 4.20. The molecule has 1 aliphatic heterocycles. The van der Waals surface area contributed by atoms with Crippen molar-refractivity contribution in [2.24, 2.45) is 11.8 Å². The van der Waals surface area contributed by atoms with Gasteiger partial charge in [-0.2, -0.15) is 0 Å². The summed E-state index contributed by atoms with van der Waals surface area (Å²) in [6.45, 7) is 1.53. The van der Waals surface area contributed by atoms with E-state index in [2.05, 4.69) is 5.32 Å². The number of carbonyl (C=O) groups is 3. The molecule has 2 aromatic carbocycles. The molecule has 24 heavy (non-hydrogen) atoms. The first-order valence-corrected chi connectivity index (χ1v) is 8.13. The highest BCUT2D eigenvalue weighted by Crippen LogP contribution is 2.63. The molecule has 0 saturated carbocycles. The van der Waals surface area contributed by atoms with E-state index >= 15 is 0 Å². The Labute approximate surface area is 138 Å². The Morgan fingerprint density at radius 2 is 1.46 bits per heavy atom. The molecule has 6 rings (SSSR count). The van der Waals surface area contributed by atoms with Gasteiger partial charge in [0.1, 0.15) is 5.78 Å². The number of rotatable bonds is 1. The van der Waals surface area contributed by atoms with E-state index in [0.717, 1.165) is 22.3 Å². The van der Waals surface area contributed by atoms with Crippen molar-refractivity contribution in [2.75, 3.05) is 0 Å². The molecule has 118 valence electrons. The number of imide groups is 1. The minimum atomic E-state index is -1.07. The van der Waals surface area contributed by atoms with Crippen LogP contribution < -0.4 is 5.32 Å².